The van der Waals surface area contributed by atoms with Crippen molar-refractivity contribution < 1.29 is 9.59 Å². The molecule has 0 aromatic heterocycles. The number of hydrogen-bond donors (Lipinski definition) is 1. The van der Waals surface area contributed by atoms with E-state index in [-0.39, 0.29) is 24.9 Å². The lowest BCUT2D eigenvalue weighted by Crippen LogP contribution is -2.58. The van der Waals surface area contributed by atoms with Crippen molar-refractivity contribution in [3.05, 3.63) is 11.6 Å². The van der Waals surface area contributed by atoms with E-state index in [4.69, 9.17) is 11.6 Å². The van der Waals surface area contributed by atoms with Gasteiger partial charge in [0.25, 0.3) is 0 Å². The number of nitrogens with zero attached hydrogens (tertiary/aromatic N) is 1. The fourth-order valence-corrected chi connectivity index (χ4v) is 1.89. The maximum atomic E-state index is 12.0. The van der Waals surface area contributed by atoms with Gasteiger partial charge in [-0.2, -0.15) is 0 Å². The van der Waals surface area contributed by atoms with Gasteiger partial charge in [0.15, 0.2) is 0 Å². The average molecular weight is 245 g/mol. The van der Waals surface area contributed by atoms with E-state index in [1.807, 2.05) is 13.8 Å². The van der Waals surface area contributed by atoms with E-state index in [1.54, 1.807) is 0 Å². The fraction of sp³-hybridized carbons (Fsp3) is 0.636. The molecule has 1 N–H and O–H groups in total. The Morgan fingerprint density at radius 3 is 2.75 bits per heavy atom. The second-order valence-electron chi connectivity index (χ2n) is 4.46. The number of piperazine rings is 1. The zero-order valence-electron chi connectivity index (χ0n) is 9.62. The first-order valence-corrected chi connectivity index (χ1v) is 5.69. The quantitative estimate of drug-likeness (QED) is 0.806. The van der Waals surface area contributed by atoms with Crippen molar-refractivity contribution >= 4 is 23.4 Å². The fourth-order valence-electron chi connectivity index (χ4n) is 1.75. The molecule has 2 amide bonds. The Hall–Kier alpha value is -1.03. The molecule has 1 atom stereocenters. The highest BCUT2D eigenvalue weighted by Gasteiger charge is 2.32. The van der Waals surface area contributed by atoms with Crippen molar-refractivity contribution in [3.8, 4) is 0 Å². The van der Waals surface area contributed by atoms with Crippen molar-refractivity contribution in [1.29, 1.82) is 0 Å². The number of halogens is 1. The molecular weight excluding hydrogens is 228 g/mol. The van der Waals surface area contributed by atoms with Gasteiger partial charge < -0.3 is 10.2 Å². The van der Waals surface area contributed by atoms with Gasteiger partial charge in [-0.3, -0.25) is 9.59 Å². The van der Waals surface area contributed by atoms with Crippen molar-refractivity contribution in [2.24, 2.45) is 5.92 Å². The van der Waals surface area contributed by atoms with Crippen LogP contribution in [0.3, 0.4) is 0 Å². The topological polar surface area (TPSA) is 49.4 Å². The van der Waals surface area contributed by atoms with E-state index in [2.05, 4.69) is 11.9 Å². The summed E-state index contributed by atoms with van der Waals surface area (Å²) in [5, 5.41) is 3.06. The summed E-state index contributed by atoms with van der Waals surface area (Å²) in [7, 11) is 0. The molecule has 0 bridgehead atoms. The van der Waals surface area contributed by atoms with Crippen LogP contribution >= 0.6 is 11.6 Å². The molecule has 0 aliphatic carbocycles. The van der Waals surface area contributed by atoms with Crippen LogP contribution in [0.25, 0.3) is 0 Å². The minimum Gasteiger partial charge on any atom is -0.343 e. The molecule has 1 rings (SSSR count). The minimum atomic E-state index is -0.419. The number of rotatable bonds is 4. The second kappa shape index (κ2) is 5.34. The van der Waals surface area contributed by atoms with Gasteiger partial charge in [0.05, 0.1) is 13.1 Å². The van der Waals surface area contributed by atoms with Gasteiger partial charge in [-0.05, 0) is 12.3 Å². The average Bonchev–Trinajstić information content (AvgIpc) is 2.11. The summed E-state index contributed by atoms with van der Waals surface area (Å²) in [5.74, 6) is 0.145. The van der Waals surface area contributed by atoms with Crippen LogP contribution in [-0.4, -0.2) is 35.8 Å². The van der Waals surface area contributed by atoms with Crippen LogP contribution in [0.1, 0.15) is 20.3 Å². The molecule has 0 saturated carbocycles. The molecule has 1 aliphatic heterocycles. The molecule has 1 heterocycles. The number of carbonyl (C=O) groups is 2. The smallest absolute Gasteiger partial charge is 0.245 e. The predicted molar refractivity (Wildman–Crippen MR) is 63.0 cm³/mol. The van der Waals surface area contributed by atoms with Gasteiger partial charge in [0.2, 0.25) is 11.8 Å². The normalized spacial score (nSPS) is 21.2. The van der Waals surface area contributed by atoms with Crippen LogP contribution in [0.2, 0.25) is 0 Å². The molecule has 1 aliphatic rings. The Morgan fingerprint density at radius 2 is 2.25 bits per heavy atom. The maximum absolute atomic E-state index is 12.0. The third-order valence-electron chi connectivity index (χ3n) is 2.35. The Kier molecular flexibility index (Phi) is 4.35. The Bertz CT molecular complexity index is 313. The van der Waals surface area contributed by atoms with Gasteiger partial charge in [-0.15, -0.1) is 0 Å². The van der Waals surface area contributed by atoms with E-state index in [9.17, 15) is 9.59 Å². The Morgan fingerprint density at radius 1 is 1.62 bits per heavy atom. The molecule has 16 heavy (non-hydrogen) atoms. The molecule has 4 nitrogen and oxygen atoms in total. The van der Waals surface area contributed by atoms with E-state index < -0.39 is 6.04 Å². The van der Waals surface area contributed by atoms with Crippen LogP contribution in [0.15, 0.2) is 11.6 Å². The number of nitrogens with one attached hydrogen (secondary N) is 1. The first-order valence-electron chi connectivity index (χ1n) is 5.31. The van der Waals surface area contributed by atoms with Crippen LogP contribution in [-0.2, 0) is 9.59 Å². The lowest BCUT2D eigenvalue weighted by Gasteiger charge is -2.33. The van der Waals surface area contributed by atoms with E-state index in [0.29, 0.717) is 17.4 Å². The molecule has 0 aromatic rings. The summed E-state index contributed by atoms with van der Waals surface area (Å²) in [6.45, 7) is 7.87. The highest BCUT2D eigenvalue weighted by molar-refractivity contribution is 6.29. The summed E-state index contributed by atoms with van der Waals surface area (Å²) < 4.78 is 0. The Balaban J connectivity index is 2.69. The molecule has 90 valence electrons. The summed E-state index contributed by atoms with van der Waals surface area (Å²) in [6.07, 6.45) is 0.649. The second-order valence-corrected chi connectivity index (χ2v) is 5.00. The molecular formula is C11H17ClN2O2. The van der Waals surface area contributed by atoms with Crippen LogP contribution in [0.5, 0.6) is 0 Å². The molecule has 0 spiro atoms. The summed E-state index contributed by atoms with van der Waals surface area (Å²) in [6, 6.07) is -0.419. The summed E-state index contributed by atoms with van der Waals surface area (Å²) >= 11 is 5.66. The Labute approximate surface area is 101 Å². The number of amides is 2. The first-order chi connectivity index (χ1) is 7.40. The van der Waals surface area contributed by atoms with Crippen LogP contribution in [0.4, 0.5) is 0 Å². The van der Waals surface area contributed by atoms with Gasteiger partial charge in [-0.1, -0.05) is 32.0 Å². The zero-order chi connectivity index (χ0) is 12.3. The van der Waals surface area contributed by atoms with E-state index >= 15 is 0 Å². The molecule has 1 fully saturated rings. The minimum absolute atomic E-state index is 0.0686. The standard InChI is InChI=1S/C11H17ClN2O2/c1-7(2)4-9-11(16)14(5-8(3)12)6-10(15)13-9/h7,9H,3-6H2,1-2H3,(H,13,15). The highest BCUT2D eigenvalue weighted by Crippen LogP contribution is 2.13. The molecule has 1 saturated heterocycles. The number of hydrogen-bond acceptors (Lipinski definition) is 2. The molecule has 1 unspecified atom stereocenters. The summed E-state index contributed by atoms with van der Waals surface area (Å²) in [5.41, 5.74) is 0. The van der Waals surface area contributed by atoms with Crippen molar-refractivity contribution in [2.45, 2.75) is 26.3 Å². The van der Waals surface area contributed by atoms with Crippen molar-refractivity contribution in [3.63, 3.8) is 0 Å². The van der Waals surface area contributed by atoms with Gasteiger partial charge >= 0.3 is 0 Å². The van der Waals surface area contributed by atoms with Crippen molar-refractivity contribution in [2.75, 3.05) is 13.1 Å². The SMILES string of the molecule is C=C(Cl)CN1CC(=O)NC(CC(C)C)C1=O. The molecule has 5 heteroatoms. The maximum Gasteiger partial charge on any atom is 0.245 e. The van der Waals surface area contributed by atoms with Crippen molar-refractivity contribution in [1.82, 2.24) is 10.2 Å². The van der Waals surface area contributed by atoms with Crippen LogP contribution < -0.4 is 5.32 Å². The third-order valence-corrected chi connectivity index (χ3v) is 2.47. The summed E-state index contributed by atoms with van der Waals surface area (Å²) in [4.78, 5) is 24.8. The van der Waals surface area contributed by atoms with Crippen LogP contribution in [0, 0.1) is 5.92 Å². The van der Waals surface area contributed by atoms with Gasteiger partial charge in [0.1, 0.15) is 6.04 Å². The van der Waals surface area contributed by atoms with E-state index in [1.165, 1.54) is 4.90 Å². The monoisotopic (exact) mass is 244 g/mol. The highest BCUT2D eigenvalue weighted by atomic mass is 35.5. The largest absolute Gasteiger partial charge is 0.343 e. The van der Waals surface area contributed by atoms with Gasteiger partial charge in [-0.25, -0.2) is 0 Å². The predicted octanol–water partition coefficient (Wildman–Crippen LogP) is 1.11. The molecule has 0 aromatic carbocycles. The third kappa shape index (κ3) is 3.52. The number of carbonyl (C=O) groups excluding carboxylic acids is 2. The molecule has 0 radical (unpaired) electrons. The zero-order valence-corrected chi connectivity index (χ0v) is 10.4. The van der Waals surface area contributed by atoms with Gasteiger partial charge in [0, 0.05) is 5.03 Å². The first kappa shape index (κ1) is 13.0. The lowest BCUT2D eigenvalue weighted by atomic mass is 10.0. The van der Waals surface area contributed by atoms with E-state index in [0.717, 1.165) is 0 Å². The lowest BCUT2D eigenvalue weighted by molar-refractivity contribution is -0.144.